The van der Waals surface area contributed by atoms with Gasteiger partial charge in [-0.1, -0.05) is 6.07 Å². The lowest BCUT2D eigenvalue weighted by Gasteiger charge is -2.30. The van der Waals surface area contributed by atoms with Gasteiger partial charge in [-0.2, -0.15) is 17.5 Å². The van der Waals surface area contributed by atoms with Gasteiger partial charge < -0.3 is 5.73 Å². The van der Waals surface area contributed by atoms with E-state index in [0.29, 0.717) is 30.4 Å². The first kappa shape index (κ1) is 21.2. The number of carbonyl (C=O) groups excluding carboxylic acids is 1. The summed E-state index contributed by atoms with van der Waals surface area (Å²) in [6.45, 7) is 1.89. The van der Waals surface area contributed by atoms with Gasteiger partial charge in [-0.3, -0.25) is 4.79 Å². The fourth-order valence-electron chi connectivity index (χ4n) is 3.26. The van der Waals surface area contributed by atoms with Crippen LogP contribution >= 0.6 is 0 Å². The Bertz CT molecular complexity index is 1030. The van der Waals surface area contributed by atoms with Gasteiger partial charge in [-0.05, 0) is 38.0 Å². The van der Waals surface area contributed by atoms with Gasteiger partial charge in [-0.25, -0.2) is 18.4 Å². The van der Waals surface area contributed by atoms with Crippen LogP contribution in [0.3, 0.4) is 0 Å². The summed E-state index contributed by atoms with van der Waals surface area (Å²) in [6, 6.07) is 3.72. The van der Waals surface area contributed by atoms with Crippen LogP contribution in [-0.2, 0) is 16.2 Å². The normalized spacial score (nSPS) is 16.7. The molecule has 0 atom stereocenters. The largest absolute Gasteiger partial charge is 0.416 e. The molecular formula is C18H19F3N4O3S. The molecule has 1 fully saturated rings. The summed E-state index contributed by atoms with van der Waals surface area (Å²) in [4.78, 5) is 19.4. The number of rotatable bonds is 4. The second-order valence-corrected chi connectivity index (χ2v) is 8.73. The molecule has 7 nitrogen and oxygen atoms in total. The van der Waals surface area contributed by atoms with Crippen molar-refractivity contribution in [3.05, 3.63) is 53.1 Å². The summed E-state index contributed by atoms with van der Waals surface area (Å²) in [6.07, 6.45) is -2.45. The number of halogens is 3. The molecule has 0 aliphatic carbocycles. The molecule has 1 amide bonds. The molecule has 3 rings (SSSR count). The van der Waals surface area contributed by atoms with Gasteiger partial charge in [-0.15, -0.1) is 0 Å². The highest BCUT2D eigenvalue weighted by molar-refractivity contribution is 7.89. The molecule has 2 heterocycles. The lowest BCUT2D eigenvalue weighted by Crippen LogP contribution is -2.38. The van der Waals surface area contributed by atoms with Gasteiger partial charge in [0.1, 0.15) is 5.82 Å². The van der Waals surface area contributed by atoms with Crippen molar-refractivity contribution in [1.82, 2.24) is 14.3 Å². The molecule has 0 saturated carbocycles. The predicted molar refractivity (Wildman–Crippen MR) is 97.5 cm³/mol. The number of nitrogens with two attached hydrogens (primary N) is 1. The Morgan fingerprint density at radius 2 is 1.90 bits per heavy atom. The maximum Gasteiger partial charge on any atom is 0.416 e. The molecule has 2 aromatic rings. The summed E-state index contributed by atoms with van der Waals surface area (Å²) < 4.78 is 65.4. The molecule has 0 unspecified atom stereocenters. The molecule has 0 spiro atoms. The van der Waals surface area contributed by atoms with Crippen LogP contribution in [0.4, 0.5) is 13.2 Å². The first-order valence-corrected chi connectivity index (χ1v) is 10.2. The third kappa shape index (κ3) is 4.40. The van der Waals surface area contributed by atoms with Crippen LogP contribution in [-0.4, -0.2) is 41.7 Å². The maximum absolute atomic E-state index is 12.9. The zero-order valence-electron chi connectivity index (χ0n) is 15.5. The molecule has 0 bridgehead atoms. The van der Waals surface area contributed by atoms with Crippen molar-refractivity contribution >= 4 is 15.9 Å². The molecule has 1 aliphatic heterocycles. The maximum atomic E-state index is 12.9. The van der Waals surface area contributed by atoms with Crippen molar-refractivity contribution in [1.29, 1.82) is 0 Å². The number of sulfonamides is 1. The van der Waals surface area contributed by atoms with E-state index in [1.165, 1.54) is 10.5 Å². The number of nitrogens with zero attached hydrogens (tertiary/aromatic N) is 3. The number of piperidine rings is 1. The van der Waals surface area contributed by atoms with E-state index in [2.05, 4.69) is 9.97 Å². The number of hydrogen-bond acceptors (Lipinski definition) is 5. The fourth-order valence-corrected chi connectivity index (χ4v) is 4.78. The summed E-state index contributed by atoms with van der Waals surface area (Å²) in [5.74, 6) is -0.261. The third-order valence-corrected chi connectivity index (χ3v) is 6.78. The van der Waals surface area contributed by atoms with Crippen LogP contribution in [0, 0.1) is 6.92 Å². The number of hydrogen-bond donors (Lipinski definition) is 1. The number of aromatic nitrogens is 2. The molecule has 1 aromatic heterocycles. The zero-order chi connectivity index (χ0) is 21.4. The van der Waals surface area contributed by atoms with Crippen LogP contribution in [0.2, 0.25) is 0 Å². The number of aryl methyl sites for hydroxylation is 1. The molecule has 1 saturated heterocycles. The Kier molecular flexibility index (Phi) is 5.63. The topological polar surface area (TPSA) is 106 Å². The Morgan fingerprint density at radius 3 is 2.45 bits per heavy atom. The van der Waals surface area contributed by atoms with Gasteiger partial charge in [0.25, 0.3) is 5.91 Å². The SMILES string of the molecule is Cc1nc(C2CCN(S(=O)(=O)c3cccc(C(F)(F)F)c3)CC2)ncc1C(N)=O. The monoisotopic (exact) mass is 428 g/mol. The van der Waals surface area contributed by atoms with Gasteiger partial charge >= 0.3 is 6.18 Å². The minimum absolute atomic E-state index is 0.122. The highest BCUT2D eigenvalue weighted by atomic mass is 32.2. The average molecular weight is 428 g/mol. The van der Waals surface area contributed by atoms with E-state index >= 15 is 0 Å². The highest BCUT2D eigenvalue weighted by Crippen LogP contribution is 2.33. The second kappa shape index (κ2) is 7.71. The van der Waals surface area contributed by atoms with Crippen LogP contribution < -0.4 is 5.73 Å². The first-order chi connectivity index (χ1) is 13.5. The van der Waals surface area contributed by atoms with Crippen LogP contribution in [0.15, 0.2) is 35.4 Å². The minimum atomic E-state index is -4.62. The molecule has 29 heavy (non-hydrogen) atoms. The van der Waals surface area contributed by atoms with Crippen molar-refractivity contribution in [2.24, 2.45) is 5.73 Å². The average Bonchev–Trinajstić information content (AvgIpc) is 2.67. The van der Waals surface area contributed by atoms with Crippen molar-refractivity contribution in [2.75, 3.05) is 13.1 Å². The Labute approximate surface area is 165 Å². The van der Waals surface area contributed by atoms with Crippen molar-refractivity contribution in [3.63, 3.8) is 0 Å². The van der Waals surface area contributed by atoms with Gasteiger partial charge in [0.2, 0.25) is 10.0 Å². The molecular weight excluding hydrogens is 409 g/mol. The number of benzene rings is 1. The second-order valence-electron chi connectivity index (χ2n) is 6.80. The van der Waals surface area contributed by atoms with E-state index in [1.54, 1.807) is 6.92 Å². The van der Waals surface area contributed by atoms with Crippen molar-refractivity contribution < 1.29 is 26.4 Å². The molecule has 2 N–H and O–H groups in total. The third-order valence-electron chi connectivity index (χ3n) is 4.88. The van der Waals surface area contributed by atoms with E-state index in [4.69, 9.17) is 5.73 Å². The Morgan fingerprint density at radius 1 is 1.24 bits per heavy atom. The number of alkyl halides is 3. The van der Waals surface area contributed by atoms with Gasteiger partial charge in [0.05, 0.1) is 21.7 Å². The zero-order valence-corrected chi connectivity index (χ0v) is 16.3. The van der Waals surface area contributed by atoms with Crippen LogP contribution in [0.1, 0.15) is 46.2 Å². The predicted octanol–water partition coefficient (Wildman–Crippen LogP) is 2.47. The van der Waals surface area contributed by atoms with Crippen molar-refractivity contribution in [2.45, 2.75) is 36.8 Å². The van der Waals surface area contributed by atoms with Gasteiger partial charge in [0, 0.05) is 25.2 Å². The van der Waals surface area contributed by atoms with Gasteiger partial charge in [0.15, 0.2) is 0 Å². The Hall–Kier alpha value is -2.53. The van der Waals surface area contributed by atoms with E-state index < -0.39 is 27.7 Å². The summed E-state index contributed by atoms with van der Waals surface area (Å²) in [5, 5.41) is 0. The molecule has 0 radical (unpaired) electrons. The summed E-state index contributed by atoms with van der Waals surface area (Å²) in [5.41, 5.74) is 4.90. The number of amides is 1. The van der Waals surface area contributed by atoms with Crippen molar-refractivity contribution in [3.8, 4) is 0 Å². The highest BCUT2D eigenvalue weighted by Gasteiger charge is 2.34. The van der Waals surface area contributed by atoms with E-state index in [0.717, 1.165) is 18.2 Å². The smallest absolute Gasteiger partial charge is 0.365 e. The summed E-state index contributed by atoms with van der Waals surface area (Å²) >= 11 is 0. The molecule has 1 aromatic carbocycles. The molecule has 11 heteroatoms. The first-order valence-electron chi connectivity index (χ1n) is 8.81. The molecule has 156 valence electrons. The van der Waals surface area contributed by atoms with Crippen LogP contribution in [0.25, 0.3) is 0 Å². The van der Waals surface area contributed by atoms with E-state index in [1.807, 2.05) is 0 Å². The number of carbonyl (C=O) groups is 1. The lowest BCUT2D eigenvalue weighted by molar-refractivity contribution is -0.137. The van der Waals surface area contributed by atoms with E-state index in [9.17, 15) is 26.4 Å². The van der Waals surface area contributed by atoms with Crippen LogP contribution in [0.5, 0.6) is 0 Å². The fraction of sp³-hybridized carbons (Fsp3) is 0.389. The number of primary amides is 1. The quantitative estimate of drug-likeness (QED) is 0.805. The summed E-state index contributed by atoms with van der Waals surface area (Å²) in [7, 11) is -4.05. The lowest BCUT2D eigenvalue weighted by atomic mass is 9.97. The minimum Gasteiger partial charge on any atom is -0.365 e. The Balaban J connectivity index is 1.75. The standard InChI is InChI=1S/C18H19F3N4O3S/c1-11-15(16(22)26)10-23-17(24-11)12-5-7-25(8-6-12)29(27,28)14-4-2-3-13(9-14)18(19,20)21/h2-4,9-10,12H,5-8H2,1H3,(H2,22,26). The van der Waals surface area contributed by atoms with E-state index in [-0.39, 0.29) is 29.5 Å². The molecule has 1 aliphatic rings.